The Bertz CT molecular complexity index is 786. The molecule has 28 heavy (non-hydrogen) atoms. The van der Waals surface area contributed by atoms with E-state index < -0.39 is 0 Å². The number of amides is 1. The Morgan fingerprint density at radius 3 is 2.86 bits per heavy atom. The van der Waals surface area contributed by atoms with Crippen LogP contribution in [-0.2, 0) is 24.3 Å². The molecular formula is C19H29N7O2. The first-order valence-electron chi connectivity index (χ1n) is 9.26. The van der Waals surface area contributed by atoms with Crippen LogP contribution < -0.4 is 15.4 Å². The second kappa shape index (κ2) is 10.9. The number of ether oxygens (including phenoxy) is 1. The number of carbonyl (C=O) groups excluding carboxylic acids is 1. The lowest BCUT2D eigenvalue weighted by Crippen LogP contribution is -2.38. The van der Waals surface area contributed by atoms with Crippen molar-refractivity contribution >= 4 is 11.9 Å². The SMILES string of the molecule is CCc1nncn1CCNC(=NC)NCc1cccc(OCC(=O)N(C)C)c1. The number of nitrogens with one attached hydrogen (secondary N) is 2. The van der Waals surface area contributed by atoms with Crippen LogP contribution >= 0.6 is 0 Å². The molecule has 9 nitrogen and oxygen atoms in total. The van der Waals surface area contributed by atoms with E-state index in [1.54, 1.807) is 27.5 Å². The van der Waals surface area contributed by atoms with E-state index in [1.165, 1.54) is 4.90 Å². The number of benzene rings is 1. The van der Waals surface area contributed by atoms with Crippen molar-refractivity contribution in [2.24, 2.45) is 4.99 Å². The molecule has 1 amide bonds. The Hall–Kier alpha value is -3.10. The van der Waals surface area contributed by atoms with Crippen molar-refractivity contribution in [3.63, 3.8) is 0 Å². The zero-order valence-electron chi connectivity index (χ0n) is 17.0. The van der Waals surface area contributed by atoms with Crippen molar-refractivity contribution in [2.75, 3.05) is 34.3 Å². The van der Waals surface area contributed by atoms with E-state index in [1.807, 2.05) is 28.8 Å². The molecule has 0 spiro atoms. The van der Waals surface area contributed by atoms with E-state index in [9.17, 15) is 4.79 Å². The van der Waals surface area contributed by atoms with E-state index in [0.717, 1.165) is 24.4 Å². The molecule has 0 atom stereocenters. The molecule has 2 rings (SSSR count). The molecule has 1 heterocycles. The van der Waals surface area contributed by atoms with Crippen LogP contribution in [0.15, 0.2) is 35.6 Å². The second-order valence-corrected chi connectivity index (χ2v) is 6.37. The number of hydrogen-bond donors (Lipinski definition) is 2. The number of hydrogen-bond acceptors (Lipinski definition) is 5. The summed E-state index contributed by atoms with van der Waals surface area (Å²) in [4.78, 5) is 17.4. The van der Waals surface area contributed by atoms with Crippen LogP contribution in [0.25, 0.3) is 0 Å². The van der Waals surface area contributed by atoms with Crippen LogP contribution in [0.2, 0.25) is 0 Å². The summed E-state index contributed by atoms with van der Waals surface area (Å²) < 4.78 is 7.58. The van der Waals surface area contributed by atoms with Gasteiger partial charge < -0.3 is 24.8 Å². The highest BCUT2D eigenvalue weighted by Gasteiger charge is 2.06. The molecule has 1 aromatic carbocycles. The Kier molecular flexibility index (Phi) is 8.26. The third-order valence-electron chi connectivity index (χ3n) is 4.10. The average Bonchev–Trinajstić information content (AvgIpc) is 3.16. The van der Waals surface area contributed by atoms with Crippen LogP contribution in [0.5, 0.6) is 5.75 Å². The van der Waals surface area contributed by atoms with Gasteiger partial charge >= 0.3 is 0 Å². The first-order valence-corrected chi connectivity index (χ1v) is 9.26. The maximum atomic E-state index is 11.6. The molecule has 0 aliphatic carbocycles. The highest BCUT2D eigenvalue weighted by atomic mass is 16.5. The first kappa shape index (κ1) is 21.2. The fourth-order valence-electron chi connectivity index (χ4n) is 2.46. The molecule has 0 radical (unpaired) electrons. The van der Waals surface area contributed by atoms with E-state index in [4.69, 9.17) is 4.74 Å². The largest absolute Gasteiger partial charge is 0.484 e. The standard InChI is InChI=1S/C19H29N7O2/c1-5-17-24-23-14-26(17)10-9-21-19(20-2)22-12-15-7-6-8-16(11-15)28-13-18(27)25(3)4/h6-8,11,14H,5,9-10,12-13H2,1-4H3,(H2,20,21,22). The number of aryl methyl sites for hydroxylation is 1. The summed E-state index contributed by atoms with van der Waals surface area (Å²) in [5, 5.41) is 14.6. The third kappa shape index (κ3) is 6.57. The van der Waals surface area contributed by atoms with Crippen molar-refractivity contribution in [3.8, 4) is 5.75 Å². The van der Waals surface area contributed by atoms with Crippen LogP contribution in [-0.4, -0.2) is 65.8 Å². The molecule has 0 saturated heterocycles. The zero-order chi connectivity index (χ0) is 20.4. The number of nitrogens with zero attached hydrogens (tertiary/aromatic N) is 5. The normalized spacial score (nSPS) is 11.2. The summed E-state index contributed by atoms with van der Waals surface area (Å²) in [5.74, 6) is 2.26. The topological polar surface area (TPSA) is 96.7 Å². The summed E-state index contributed by atoms with van der Waals surface area (Å²) in [7, 11) is 5.14. The number of guanidine groups is 1. The van der Waals surface area contributed by atoms with Gasteiger partial charge in [-0.3, -0.25) is 9.79 Å². The summed E-state index contributed by atoms with van der Waals surface area (Å²) >= 11 is 0. The lowest BCUT2D eigenvalue weighted by atomic mass is 10.2. The molecular weight excluding hydrogens is 358 g/mol. The van der Waals surface area contributed by atoms with E-state index >= 15 is 0 Å². The minimum atomic E-state index is -0.0764. The summed E-state index contributed by atoms with van der Waals surface area (Å²) in [6.07, 6.45) is 2.59. The zero-order valence-corrected chi connectivity index (χ0v) is 17.0. The average molecular weight is 387 g/mol. The van der Waals surface area contributed by atoms with Crippen molar-refractivity contribution in [3.05, 3.63) is 42.0 Å². The lowest BCUT2D eigenvalue weighted by molar-refractivity contribution is -0.130. The lowest BCUT2D eigenvalue weighted by Gasteiger charge is -2.14. The number of likely N-dealkylation sites (N-methyl/N-ethyl adjacent to an activating group) is 1. The highest BCUT2D eigenvalue weighted by Crippen LogP contribution is 2.13. The molecule has 0 bridgehead atoms. The highest BCUT2D eigenvalue weighted by molar-refractivity contribution is 5.79. The number of aliphatic imine (C=N–C) groups is 1. The van der Waals surface area contributed by atoms with E-state index in [-0.39, 0.29) is 12.5 Å². The molecule has 0 aliphatic rings. The molecule has 2 aromatic rings. The van der Waals surface area contributed by atoms with Gasteiger partial charge in [0.05, 0.1) is 0 Å². The van der Waals surface area contributed by atoms with Gasteiger partial charge in [-0.2, -0.15) is 0 Å². The second-order valence-electron chi connectivity index (χ2n) is 6.37. The van der Waals surface area contributed by atoms with Crippen LogP contribution in [0.4, 0.5) is 0 Å². The molecule has 152 valence electrons. The molecule has 0 unspecified atom stereocenters. The monoisotopic (exact) mass is 387 g/mol. The van der Waals surface area contributed by atoms with Gasteiger partial charge in [0.1, 0.15) is 17.9 Å². The number of carbonyl (C=O) groups is 1. The van der Waals surface area contributed by atoms with Gasteiger partial charge in [0, 0.05) is 47.2 Å². The van der Waals surface area contributed by atoms with Gasteiger partial charge in [-0.1, -0.05) is 19.1 Å². The van der Waals surface area contributed by atoms with Gasteiger partial charge in [-0.15, -0.1) is 10.2 Å². The molecule has 0 aliphatic heterocycles. The molecule has 2 N–H and O–H groups in total. The summed E-state index contributed by atoms with van der Waals surface area (Å²) in [5.41, 5.74) is 1.03. The van der Waals surface area contributed by atoms with Crippen molar-refractivity contribution in [1.29, 1.82) is 0 Å². The van der Waals surface area contributed by atoms with E-state index in [0.29, 0.717) is 24.8 Å². The van der Waals surface area contributed by atoms with Gasteiger partial charge in [0.15, 0.2) is 12.6 Å². The fraction of sp³-hybridized carbons (Fsp3) is 0.474. The Morgan fingerprint density at radius 1 is 1.32 bits per heavy atom. The van der Waals surface area contributed by atoms with Crippen LogP contribution in [0.1, 0.15) is 18.3 Å². The van der Waals surface area contributed by atoms with Crippen molar-refractivity contribution in [2.45, 2.75) is 26.4 Å². The van der Waals surface area contributed by atoms with Crippen molar-refractivity contribution < 1.29 is 9.53 Å². The third-order valence-corrected chi connectivity index (χ3v) is 4.10. The smallest absolute Gasteiger partial charge is 0.259 e. The molecule has 0 fully saturated rings. The Balaban J connectivity index is 1.79. The first-order chi connectivity index (χ1) is 13.5. The van der Waals surface area contributed by atoms with E-state index in [2.05, 4.69) is 32.7 Å². The maximum absolute atomic E-state index is 11.6. The number of rotatable bonds is 9. The quantitative estimate of drug-likeness (QED) is 0.485. The fourth-order valence-corrected chi connectivity index (χ4v) is 2.46. The minimum absolute atomic E-state index is 0.0238. The van der Waals surface area contributed by atoms with Crippen molar-refractivity contribution in [1.82, 2.24) is 30.3 Å². The van der Waals surface area contributed by atoms with Crippen LogP contribution in [0.3, 0.4) is 0 Å². The minimum Gasteiger partial charge on any atom is -0.484 e. The number of aromatic nitrogens is 3. The van der Waals surface area contributed by atoms with Crippen LogP contribution in [0, 0.1) is 0 Å². The summed E-state index contributed by atoms with van der Waals surface area (Å²) in [6, 6.07) is 7.64. The van der Waals surface area contributed by atoms with Gasteiger partial charge in [-0.25, -0.2) is 0 Å². The Labute approximate surface area is 165 Å². The maximum Gasteiger partial charge on any atom is 0.259 e. The van der Waals surface area contributed by atoms with Gasteiger partial charge in [0.2, 0.25) is 0 Å². The summed E-state index contributed by atoms with van der Waals surface area (Å²) in [6.45, 7) is 4.14. The Morgan fingerprint density at radius 2 is 2.14 bits per heavy atom. The molecule has 1 aromatic heterocycles. The van der Waals surface area contributed by atoms with Gasteiger partial charge in [-0.05, 0) is 17.7 Å². The van der Waals surface area contributed by atoms with Gasteiger partial charge in [0.25, 0.3) is 5.91 Å². The predicted molar refractivity (Wildman–Crippen MR) is 108 cm³/mol. The molecule has 0 saturated carbocycles. The molecule has 9 heteroatoms. The predicted octanol–water partition coefficient (Wildman–Crippen LogP) is 0.673.